The van der Waals surface area contributed by atoms with Crippen molar-refractivity contribution in [1.29, 1.82) is 5.41 Å². The van der Waals surface area contributed by atoms with Crippen LogP contribution in [-0.4, -0.2) is 75.7 Å². The molecule has 212 valence electrons. The summed E-state index contributed by atoms with van der Waals surface area (Å²) in [5.74, 6) is -4.61. The van der Waals surface area contributed by atoms with Crippen LogP contribution in [0.4, 0.5) is 13.2 Å². The number of halogens is 3. The molecule has 0 atom stereocenters. The van der Waals surface area contributed by atoms with Crippen molar-refractivity contribution in [3.8, 4) is 5.75 Å². The Morgan fingerprint density at radius 1 is 1.08 bits per heavy atom. The number of nitrogen functional groups attached to an aromatic ring is 1. The maximum Gasteiger partial charge on any atom is 0.490 e. The summed E-state index contributed by atoms with van der Waals surface area (Å²) in [6.07, 6.45) is -3.54. The molecule has 0 spiro atoms. The molecule has 0 aliphatic carbocycles. The molecule has 0 saturated carbocycles. The van der Waals surface area contributed by atoms with E-state index in [0.29, 0.717) is 12.0 Å². The molecule has 2 aromatic rings. The number of rotatable bonds is 11. The number of furan rings is 1. The molecule has 1 aromatic heterocycles. The first-order valence-corrected chi connectivity index (χ1v) is 11.0. The number of esters is 1. The Balaban J connectivity index is 0.000000956. The number of hydrogen-bond donors (Lipinski definition) is 5. The molecular formula is C24H26F3N3O9. The second-order valence-corrected chi connectivity index (χ2v) is 7.67. The summed E-state index contributed by atoms with van der Waals surface area (Å²) in [6.45, 7) is 1.65. The lowest BCUT2D eigenvalue weighted by Crippen LogP contribution is -2.34. The molecule has 0 bridgehead atoms. The number of hydrogen-bond acceptors (Lipinski definition) is 8. The number of aliphatic carboxylic acids is 2. The van der Waals surface area contributed by atoms with Crippen LogP contribution in [0.5, 0.6) is 5.75 Å². The minimum atomic E-state index is -5.08. The third-order valence-corrected chi connectivity index (χ3v) is 4.61. The summed E-state index contributed by atoms with van der Waals surface area (Å²) >= 11 is 0. The van der Waals surface area contributed by atoms with Gasteiger partial charge in [0.25, 0.3) is 0 Å². The molecule has 0 aliphatic heterocycles. The molecule has 6 N–H and O–H groups in total. The van der Waals surface area contributed by atoms with Gasteiger partial charge in [-0.2, -0.15) is 13.2 Å². The minimum Gasteiger partial charge on any atom is -0.481 e. The van der Waals surface area contributed by atoms with E-state index in [1.807, 2.05) is 0 Å². The minimum absolute atomic E-state index is 0.0114. The quantitative estimate of drug-likeness (QED) is 0.0897. The molecule has 0 fully saturated rings. The van der Waals surface area contributed by atoms with Gasteiger partial charge >= 0.3 is 24.1 Å². The highest BCUT2D eigenvalue weighted by Crippen LogP contribution is 2.18. The maximum atomic E-state index is 12.6. The fourth-order valence-corrected chi connectivity index (χ4v) is 2.73. The van der Waals surface area contributed by atoms with E-state index in [4.69, 9.17) is 40.4 Å². The van der Waals surface area contributed by atoms with Crippen LogP contribution in [0.2, 0.25) is 0 Å². The lowest BCUT2D eigenvalue weighted by atomic mass is 10.2. The number of carbonyl (C=O) groups is 4. The van der Waals surface area contributed by atoms with Gasteiger partial charge in [0.2, 0.25) is 11.7 Å². The van der Waals surface area contributed by atoms with Gasteiger partial charge in [0, 0.05) is 30.8 Å². The number of benzene rings is 1. The summed E-state index contributed by atoms with van der Waals surface area (Å²) in [4.78, 5) is 46.0. The SMILES string of the molecule is C/C(=C\c1ccc(C(=O)Oc2ccc(C(=N)N)cc2)o1)C(=O)N(CCCO)CCC(=O)O.O=C(O)C(F)(F)F. The number of carboxylic acid groups (broad SMARTS) is 2. The molecule has 0 saturated heterocycles. The van der Waals surface area contributed by atoms with Crippen LogP contribution in [-0.2, 0) is 14.4 Å². The van der Waals surface area contributed by atoms with Crippen LogP contribution in [0.1, 0.15) is 41.6 Å². The number of aliphatic hydroxyl groups is 1. The van der Waals surface area contributed by atoms with Crippen molar-refractivity contribution in [2.24, 2.45) is 5.73 Å². The fourth-order valence-electron chi connectivity index (χ4n) is 2.73. The Labute approximate surface area is 219 Å². The Hall–Kier alpha value is -4.66. The van der Waals surface area contributed by atoms with Gasteiger partial charge in [-0.05, 0) is 55.8 Å². The Morgan fingerprint density at radius 3 is 2.15 bits per heavy atom. The van der Waals surface area contributed by atoms with E-state index >= 15 is 0 Å². The summed E-state index contributed by atoms with van der Waals surface area (Å²) in [7, 11) is 0. The lowest BCUT2D eigenvalue weighted by molar-refractivity contribution is -0.192. The van der Waals surface area contributed by atoms with Crippen molar-refractivity contribution < 1.29 is 56.8 Å². The van der Waals surface area contributed by atoms with Crippen LogP contribution in [0.3, 0.4) is 0 Å². The van der Waals surface area contributed by atoms with E-state index in [-0.39, 0.29) is 54.8 Å². The molecule has 0 aliphatic rings. The van der Waals surface area contributed by atoms with E-state index < -0.39 is 30.0 Å². The van der Waals surface area contributed by atoms with E-state index in [2.05, 4.69) is 0 Å². The van der Waals surface area contributed by atoms with Crippen LogP contribution >= 0.6 is 0 Å². The molecular weight excluding hydrogens is 531 g/mol. The number of alkyl halides is 3. The van der Waals surface area contributed by atoms with Gasteiger partial charge in [-0.15, -0.1) is 0 Å². The normalized spacial score (nSPS) is 11.2. The van der Waals surface area contributed by atoms with E-state index in [1.54, 1.807) is 19.1 Å². The standard InChI is InChI=1S/C22H25N3O7.C2HF3O2/c1-14(21(29)25(10-2-12-26)11-9-19(27)28)13-17-7-8-18(31-17)22(30)32-16-5-3-15(4-6-16)20(23)24;3-2(4,5)1(6)7/h3-8,13,26H,2,9-12H2,1H3,(H3,23,24)(H,27,28);(H,6,7)/b14-13+;. The van der Waals surface area contributed by atoms with Gasteiger partial charge < -0.3 is 35.1 Å². The summed E-state index contributed by atoms with van der Waals surface area (Å²) in [6, 6.07) is 9.00. The first kappa shape index (κ1) is 32.4. The van der Waals surface area contributed by atoms with E-state index in [1.165, 1.54) is 35.2 Å². The van der Waals surface area contributed by atoms with Crippen LogP contribution in [0.25, 0.3) is 6.08 Å². The van der Waals surface area contributed by atoms with Gasteiger partial charge in [0.1, 0.15) is 17.3 Å². The summed E-state index contributed by atoms with van der Waals surface area (Å²) < 4.78 is 42.4. The van der Waals surface area contributed by atoms with E-state index in [0.717, 1.165) is 0 Å². The topological polar surface area (TPSA) is 204 Å². The third-order valence-electron chi connectivity index (χ3n) is 4.61. The first-order valence-electron chi connectivity index (χ1n) is 11.0. The number of amides is 1. The number of nitrogens with two attached hydrogens (primary N) is 1. The largest absolute Gasteiger partial charge is 0.490 e. The molecule has 1 aromatic carbocycles. The molecule has 1 amide bonds. The summed E-state index contributed by atoms with van der Waals surface area (Å²) in [5, 5.41) is 32.4. The molecule has 15 heteroatoms. The predicted molar refractivity (Wildman–Crippen MR) is 129 cm³/mol. The predicted octanol–water partition coefficient (Wildman–Crippen LogP) is 2.51. The molecule has 1 heterocycles. The molecule has 12 nitrogen and oxygen atoms in total. The number of aliphatic hydroxyl groups excluding tert-OH is 1. The number of nitrogens with one attached hydrogen (secondary N) is 1. The Kier molecular flexibility index (Phi) is 12.4. The number of nitrogens with zero attached hydrogens (tertiary/aromatic N) is 1. The van der Waals surface area contributed by atoms with Gasteiger partial charge in [-0.3, -0.25) is 15.0 Å². The van der Waals surface area contributed by atoms with Crippen LogP contribution in [0.15, 0.2) is 46.4 Å². The van der Waals surface area contributed by atoms with Crippen molar-refractivity contribution in [2.45, 2.75) is 25.9 Å². The monoisotopic (exact) mass is 557 g/mol. The number of amidine groups is 1. The van der Waals surface area contributed by atoms with Gasteiger partial charge in [0.15, 0.2) is 0 Å². The first-order chi connectivity index (χ1) is 18.1. The number of carboxylic acids is 2. The molecule has 0 radical (unpaired) electrons. The zero-order valence-electron chi connectivity index (χ0n) is 20.5. The second-order valence-electron chi connectivity index (χ2n) is 7.67. The molecule has 2 rings (SSSR count). The molecule has 0 unspecified atom stereocenters. The van der Waals surface area contributed by atoms with Gasteiger partial charge in [-0.1, -0.05) is 0 Å². The highest BCUT2D eigenvalue weighted by molar-refractivity contribution is 5.97. The van der Waals surface area contributed by atoms with Crippen molar-refractivity contribution in [3.05, 3.63) is 59.1 Å². The highest BCUT2D eigenvalue weighted by atomic mass is 19.4. The number of ether oxygens (including phenoxy) is 1. The highest BCUT2D eigenvalue weighted by Gasteiger charge is 2.38. The third kappa shape index (κ3) is 11.5. The van der Waals surface area contributed by atoms with Crippen LogP contribution in [0, 0.1) is 5.41 Å². The lowest BCUT2D eigenvalue weighted by Gasteiger charge is -2.22. The van der Waals surface area contributed by atoms with Crippen molar-refractivity contribution in [2.75, 3.05) is 19.7 Å². The fraction of sp³-hybridized carbons (Fsp3) is 0.292. The van der Waals surface area contributed by atoms with Crippen molar-refractivity contribution in [3.63, 3.8) is 0 Å². The smallest absolute Gasteiger partial charge is 0.481 e. The van der Waals surface area contributed by atoms with Crippen LogP contribution < -0.4 is 10.5 Å². The Morgan fingerprint density at radius 2 is 1.67 bits per heavy atom. The van der Waals surface area contributed by atoms with Gasteiger partial charge in [0.05, 0.1) is 6.42 Å². The average Bonchev–Trinajstić information content (AvgIpc) is 3.32. The van der Waals surface area contributed by atoms with Gasteiger partial charge in [-0.25, -0.2) is 9.59 Å². The number of carbonyl (C=O) groups excluding carboxylic acids is 2. The summed E-state index contributed by atoms with van der Waals surface area (Å²) in [5.41, 5.74) is 6.16. The second kappa shape index (κ2) is 14.9. The average molecular weight is 557 g/mol. The zero-order valence-corrected chi connectivity index (χ0v) is 20.5. The van der Waals surface area contributed by atoms with E-state index in [9.17, 15) is 27.6 Å². The van der Waals surface area contributed by atoms with Crippen molar-refractivity contribution in [1.82, 2.24) is 4.90 Å². The zero-order chi connectivity index (χ0) is 29.8. The Bertz CT molecular complexity index is 1210. The molecule has 39 heavy (non-hydrogen) atoms. The van der Waals surface area contributed by atoms with Crippen molar-refractivity contribution >= 4 is 35.7 Å². The maximum absolute atomic E-state index is 12.6.